The fraction of sp³-hybridized carbons (Fsp3) is 0.692. The first-order valence-electron chi connectivity index (χ1n) is 6.54. The Morgan fingerprint density at radius 3 is 3.06 bits per heavy atom. The van der Waals surface area contributed by atoms with Crippen LogP contribution in [0.3, 0.4) is 0 Å². The molecule has 1 heterocycles. The van der Waals surface area contributed by atoms with E-state index in [1.54, 1.807) is 11.3 Å². The van der Waals surface area contributed by atoms with Gasteiger partial charge >= 0.3 is 0 Å². The largest absolute Gasteiger partial charge is 0.347 e. The number of carbonyl (C=O) groups excluding carboxylic acids is 1. The lowest BCUT2D eigenvalue weighted by atomic mass is 9.95. The molecular weight excluding hydrogens is 246 g/mol. The SMILES string of the molecule is Cc1csc(C(C)NC(=O)[C@@H]2CCC[C@@H]2CN)n1. The number of nitrogens with two attached hydrogens (primary N) is 1. The lowest BCUT2D eigenvalue weighted by molar-refractivity contribution is -0.126. The molecule has 4 nitrogen and oxygen atoms in total. The Kier molecular flexibility index (Phi) is 4.35. The highest BCUT2D eigenvalue weighted by Crippen LogP contribution is 2.31. The van der Waals surface area contributed by atoms with Crippen LogP contribution >= 0.6 is 11.3 Å². The highest BCUT2D eigenvalue weighted by atomic mass is 32.1. The summed E-state index contributed by atoms with van der Waals surface area (Å²) in [5, 5.41) is 6.05. The summed E-state index contributed by atoms with van der Waals surface area (Å²) >= 11 is 1.60. The van der Waals surface area contributed by atoms with E-state index < -0.39 is 0 Å². The van der Waals surface area contributed by atoms with E-state index in [-0.39, 0.29) is 17.9 Å². The number of carbonyl (C=O) groups is 1. The van der Waals surface area contributed by atoms with Crippen LogP contribution < -0.4 is 11.1 Å². The van der Waals surface area contributed by atoms with Crippen LogP contribution in [-0.4, -0.2) is 17.4 Å². The van der Waals surface area contributed by atoms with Gasteiger partial charge in [0.2, 0.25) is 5.91 Å². The van der Waals surface area contributed by atoms with Crippen LogP contribution in [0.25, 0.3) is 0 Å². The third-order valence-electron chi connectivity index (χ3n) is 3.66. The van der Waals surface area contributed by atoms with E-state index in [2.05, 4.69) is 10.3 Å². The van der Waals surface area contributed by atoms with E-state index in [4.69, 9.17) is 5.73 Å². The molecule has 18 heavy (non-hydrogen) atoms. The van der Waals surface area contributed by atoms with Crippen molar-refractivity contribution in [2.45, 2.75) is 39.2 Å². The van der Waals surface area contributed by atoms with Gasteiger partial charge in [0.25, 0.3) is 0 Å². The molecule has 3 atom stereocenters. The highest BCUT2D eigenvalue weighted by molar-refractivity contribution is 7.09. The van der Waals surface area contributed by atoms with E-state index in [1.807, 2.05) is 19.2 Å². The molecular formula is C13H21N3OS. The van der Waals surface area contributed by atoms with Crippen LogP contribution in [0.5, 0.6) is 0 Å². The Bertz CT molecular complexity index is 418. The Morgan fingerprint density at radius 1 is 1.67 bits per heavy atom. The van der Waals surface area contributed by atoms with Gasteiger partial charge < -0.3 is 11.1 Å². The number of aryl methyl sites for hydroxylation is 1. The molecule has 0 aromatic carbocycles. The van der Waals surface area contributed by atoms with Gasteiger partial charge in [-0.25, -0.2) is 4.98 Å². The highest BCUT2D eigenvalue weighted by Gasteiger charge is 2.32. The zero-order chi connectivity index (χ0) is 13.1. The normalized spacial score (nSPS) is 25.1. The van der Waals surface area contributed by atoms with Crippen LogP contribution in [-0.2, 0) is 4.79 Å². The van der Waals surface area contributed by atoms with E-state index in [0.29, 0.717) is 12.5 Å². The second-order valence-corrected chi connectivity index (χ2v) is 5.98. The monoisotopic (exact) mass is 267 g/mol. The maximum atomic E-state index is 12.2. The number of nitrogens with one attached hydrogen (secondary N) is 1. The molecule has 5 heteroatoms. The molecule has 1 unspecified atom stereocenters. The van der Waals surface area contributed by atoms with Gasteiger partial charge in [0.05, 0.1) is 6.04 Å². The molecule has 0 bridgehead atoms. The second kappa shape index (κ2) is 5.80. The maximum absolute atomic E-state index is 12.2. The Balaban J connectivity index is 1.94. The van der Waals surface area contributed by atoms with Crippen LogP contribution in [0, 0.1) is 18.8 Å². The summed E-state index contributed by atoms with van der Waals surface area (Å²) in [4.78, 5) is 16.6. The molecule has 0 saturated heterocycles. The number of thiazole rings is 1. The van der Waals surface area contributed by atoms with Crippen molar-refractivity contribution in [1.29, 1.82) is 0 Å². The number of nitrogens with zero attached hydrogens (tertiary/aromatic N) is 1. The van der Waals surface area contributed by atoms with Gasteiger partial charge in [0, 0.05) is 17.0 Å². The zero-order valence-electron chi connectivity index (χ0n) is 11.0. The topological polar surface area (TPSA) is 68.0 Å². The minimum atomic E-state index is -0.00442. The lowest BCUT2D eigenvalue weighted by Gasteiger charge is -2.19. The predicted octanol–water partition coefficient (Wildman–Crippen LogP) is 2.00. The first-order valence-corrected chi connectivity index (χ1v) is 7.42. The molecule has 0 radical (unpaired) electrons. The molecule has 3 N–H and O–H groups in total. The average Bonchev–Trinajstić information content (AvgIpc) is 2.96. The smallest absolute Gasteiger partial charge is 0.223 e. The van der Waals surface area contributed by atoms with Crippen molar-refractivity contribution in [1.82, 2.24) is 10.3 Å². The number of hydrogen-bond donors (Lipinski definition) is 2. The Hall–Kier alpha value is -0.940. The van der Waals surface area contributed by atoms with Crippen molar-refractivity contribution in [3.05, 3.63) is 16.1 Å². The number of rotatable bonds is 4. The standard InChI is InChI=1S/C13H21N3OS/c1-8-7-18-13(15-8)9(2)16-12(17)11-5-3-4-10(11)6-14/h7,9-11H,3-6,14H2,1-2H3,(H,16,17)/t9?,10-,11-/m1/s1. The van der Waals surface area contributed by atoms with E-state index in [1.165, 1.54) is 0 Å². The number of aromatic nitrogens is 1. The molecule has 1 amide bonds. The van der Waals surface area contributed by atoms with Gasteiger partial charge in [-0.1, -0.05) is 6.42 Å². The minimum Gasteiger partial charge on any atom is -0.347 e. The fourth-order valence-corrected chi connectivity index (χ4v) is 3.42. The molecule has 1 saturated carbocycles. The zero-order valence-corrected chi connectivity index (χ0v) is 11.8. The lowest BCUT2D eigenvalue weighted by Crippen LogP contribution is -2.36. The molecule has 2 rings (SSSR count). The summed E-state index contributed by atoms with van der Waals surface area (Å²) in [7, 11) is 0. The molecule has 1 aliphatic rings. The van der Waals surface area contributed by atoms with Crippen LogP contribution in [0.2, 0.25) is 0 Å². The summed E-state index contributed by atoms with van der Waals surface area (Å²) in [6.45, 7) is 4.57. The van der Waals surface area contributed by atoms with E-state index in [0.717, 1.165) is 30.0 Å². The molecule has 100 valence electrons. The molecule has 0 spiro atoms. The molecule has 1 fully saturated rings. The first kappa shape index (κ1) is 13.5. The van der Waals surface area contributed by atoms with Crippen molar-refractivity contribution in [3.63, 3.8) is 0 Å². The summed E-state index contributed by atoms with van der Waals surface area (Å²) in [5.41, 5.74) is 6.73. The Morgan fingerprint density at radius 2 is 2.44 bits per heavy atom. The third kappa shape index (κ3) is 2.90. The molecule has 0 aliphatic heterocycles. The average molecular weight is 267 g/mol. The van der Waals surface area contributed by atoms with Crippen molar-refractivity contribution in [2.24, 2.45) is 17.6 Å². The van der Waals surface area contributed by atoms with Crippen LogP contribution in [0.4, 0.5) is 0 Å². The molecule has 1 aromatic rings. The van der Waals surface area contributed by atoms with E-state index >= 15 is 0 Å². The van der Waals surface area contributed by atoms with Gasteiger partial charge in [-0.3, -0.25) is 4.79 Å². The summed E-state index contributed by atoms with van der Waals surface area (Å²) in [6, 6.07) is -0.00442. The van der Waals surface area contributed by atoms with Gasteiger partial charge in [0.15, 0.2) is 0 Å². The number of hydrogen-bond acceptors (Lipinski definition) is 4. The van der Waals surface area contributed by atoms with Gasteiger partial charge in [-0.05, 0) is 39.2 Å². The first-order chi connectivity index (χ1) is 8.61. The summed E-state index contributed by atoms with van der Waals surface area (Å²) < 4.78 is 0. The van der Waals surface area contributed by atoms with Crippen molar-refractivity contribution in [2.75, 3.05) is 6.54 Å². The summed E-state index contributed by atoms with van der Waals surface area (Å²) in [6.07, 6.45) is 3.17. The van der Waals surface area contributed by atoms with Crippen LogP contribution in [0.15, 0.2) is 5.38 Å². The van der Waals surface area contributed by atoms with Crippen LogP contribution in [0.1, 0.15) is 42.9 Å². The molecule has 1 aromatic heterocycles. The van der Waals surface area contributed by atoms with Crippen molar-refractivity contribution >= 4 is 17.2 Å². The van der Waals surface area contributed by atoms with Gasteiger partial charge in [-0.2, -0.15) is 0 Å². The van der Waals surface area contributed by atoms with Crippen molar-refractivity contribution < 1.29 is 4.79 Å². The Labute approximate surface area is 112 Å². The van der Waals surface area contributed by atoms with Crippen molar-refractivity contribution in [3.8, 4) is 0 Å². The molecule has 1 aliphatic carbocycles. The van der Waals surface area contributed by atoms with E-state index in [9.17, 15) is 4.79 Å². The fourth-order valence-electron chi connectivity index (χ4n) is 2.62. The predicted molar refractivity (Wildman–Crippen MR) is 73.3 cm³/mol. The maximum Gasteiger partial charge on any atom is 0.223 e. The minimum absolute atomic E-state index is 0.00442. The summed E-state index contributed by atoms with van der Waals surface area (Å²) in [5.74, 6) is 0.594. The second-order valence-electron chi connectivity index (χ2n) is 5.09. The van der Waals surface area contributed by atoms with Gasteiger partial charge in [-0.15, -0.1) is 11.3 Å². The third-order valence-corrected chi connectivity index (χ3v) is 4.81. The van der Waals surface area contributed by atoms with Gasteiger partial charge in [0.1, 0.15) is 5.01 Å². The number of amides is 1. The quantitative estimate of drug-likeness (QED) is 0.876.